The molecule has 0 bridgehead atoms. The van der Waals surface area contributed by atoms with Crippen LogP contribution in [0.4, 0.5) is 0 Å². The van der Waals surface area contributed by atoms with E-state index < -0.39 is 5.97 Å². The van der Waals surface area contributed by atoms with Crippen LogP contribution in [0.15, 0.2) is 18.2 Å². The van der Waals surface area contributed by atoms with Crippen molar-refractivity contribution in [2.45, 2.75) is 39.3 Å². The third-order valence-electron chi connectivity index (χ3n) is 4.21. The highest BCUT2D eigenvalue weighted by molar-refractivity contribution is 5.70. The van der Waals surface area contributed by atoms with E-state index in [2.05, 4.69) is 24.0 Å². The number of aryl methyl sites for hydroxylation is 1. The summed E-state index contributed by atoms with van der Waals surface area (Å²) in [5.41, 5.74) is 2.39. The molecule has 2 rings (SSSR count). The first-order chi connectivity index (χ1) is 9.51. The molecule has 1 aliphatic rings. The molecule has 2 unspecified atom stereocenters. The van der Waals surface area contributed by atoms with Crippen molar-refractivity contribution in [3.05, 3.63) is 29.3 Å². The molecule has 4 nitrogen and oxygen atoms in total. The first-order valence-corrected chi connectivity index (χ1v) is 7.11. The van der Waals surface area contributed by atoms with Gasteiger partial charge < -0.3 is 9.84 Å². The van der Waals surface area contributed by atoms with Crippen molar-refractivity contribution in [1.29, 1.82) is 0 Å². The monoisotopic (exact) mass is 277 g/mol. The number of ether oxygens (including phenoxy) is 1. The van der Waals surface area contributed by atoms with Crippen LogP contribution in [0.25, 0.3) is 0 Å². The summed E-state index contributed by atoms with van der Waals surface area (Å²) in [5.74, 6) is 0.0713. The van der Waals surface area contributed by atoms with Gasteiger partial charge in [-0.1, -0.05) is 12.1 Å². The zero-order valence-corrected chi connectivity index (χ0v) is 12.4. The highest BCUT2D eigenvalue weighted by Gasteiger charge is 2.29. The quantitative estimate of drug-likeness (QED) is 0.919. The lowest BCUT2D eigenvalue weighted by atomic mass is 9.91. The van der Waals surface area contributed by atoms with Crippen LogP contribution in [-0.2, 0) is 11.3 Å². The summed E-state index contributed by atoms with van der Waals surface area (Å²) in [6.07, 6.45) is 1.49. The molecule has 1 fully saturated rings. The van der Waals surface area contributed by atoms with Gasteiger partial charge in [0.15, 0.2) is 0 Å². The zero-order valence-electron chi connectivity index (χ0n) is 12.4. The second kappa shape index (κ2) is 6.27. The highest BCUT2D eigenvalue weighted by atomic mass is 16.5. The average Bonchev–Trinajstić information content (AvgIpc) is 2.41. The van der Waals surface area contributed by atoms with Gasteiger partial charge in [-0.15, -0.1) is 0 Å². The van der Waals surface area contributed by atoms with E-state index in [4.69, 9.17) is 9.84 Å². The lowest BCUT2D eigenvalue weighted by molar-refractivity contribution is -0.144. The standard InChI is InChI=1S/C16H23NO3/c1-11-8-13(4-5-15(11)20-3)10-17-7-6-14(16(18)19)9-12(17)2/h4-5,8,12,14H,6-7,9-10H2,1-3H3,(H,18,19). The van der Waals surface area contributed by atoms with E-state index in [9.17, 15) is 4.79 Å². The normalized spacial score (nSPS) is 23.6. The summed E-state index contributed by atoms with van der Waals surface area (Å²) < 4.78 is 5.27. The van der Waals surface area contributed by atoms with Gasteiger partial charge in [0.25, 0.3) is 0 Å². The molecule has 1 aromatic carbocycles. The number of nitrogens with zero attached hydrogens (tertiary/aromatic N) is 1. The Morgan fingerprint density at radius 1 is 1.50 bits per heavy atom. The number of carbonyl (C=O) groups is 1. The predicted molar refractivity (Wildman–Crippen MR) is 78.0 cm³/mol. The van der Waals surface area contributed by atoms with Crippen LogP contribution in [-0.4, -0.2) is 35.7 Å². The van der Waals surface area contributed by atoms with Crippen LogP contribution in [0.1, 0.15) is 30.9 Å². The fourth-order valence-electron chi connectivity index (χ4n) is 2.95. The van der Waals surface area contributed by atoms with Crippen LogP contribution >= 0.6 is 0 Å². The Morgan fingerprint density at radius 3 is 2.80 bits per heavy atom. The van der Waals surface area contributed by atoms with Crippen LogP contribution < -0.4 is 4.74 Å². The van der Waals surface area contributed by atoms with Crippen molar-refractivity contribution in [3.8, 4) is 5.75 Å². The van der Waals surface area contributed by atoms with Crippen molar-refractivity contribution in [2.75, 3.05) is 13.7 Å². The van der Waals surface area contributed by atoms with E-state index in [1.165, 1.54) is 5.56 Å². The van der Waals surface area contributed by atoms with Crippen LogP contribution in [0.5, 0.6) is 5.75 Å². The number of likely N-dealkylation sites (tertiary alicyclic amines) is 1. The molecule has 1 heterocycles. The number of hydrogen-bond acceptors (Lipinski definition) is 3. The van der Waals surface area contributed by atoms with Crippen LogP contribution in [0.3, 0.4) is 0 Å². The number of methoxy groups -OCH3 is 1. The van der Waals surface area contributed by atoms with Gasteiger partial charge in [0.05, 0.1) is 13.0 Å². The number of benzene rings is 1. The molecule has 0 spiro atoms. The van der Waals surface area contributed by atoms with E-state index >= 15 is 0 Å². The molecule has 1 aromatic rings. The van der Waals surface area contributed by atoms with E-state index in [1.54, 1.807) is 7.11 Å². The Kier molecular flexibility index (Phi) is 4.65. The van der Waals surface area contributed by atoms with Crippen molar-refractivity contribution in [3.63, 3.8) is 0 Å². The molecule has 110 valence electrons. The smallest absolute Gasteiger partial charge is 0.306 e. The van der Waals surface area contributed by atoms with Gasteiger partial charge >= 0.3 is 5.97 Å². The van der Waals surface area contributed by atoms with Gasteiger partial charge in [-0.2, -0.15) is 0 Å². The highest BCUT2D eigenvalue weighted by Crippen LogP contribution is 2.26. The van der Waals surface area contributed by atoms with Gasteiger partial charge in [0.1, 0.15) is 5.75 Å². The largest absolute Gasteiger partial charge is 0.496 e. The molecular formula is C16H23NO3. The molecule has 2 atom stereocenters. The second-order valence-corrected chi connectivity index (χ2v) is 5.68. The fourth-order valence-corrected chi connectivity index (χ4v) is 2.95. The van der Waals surface area contributed by atoms with Gasteiger partial charge in [0.2, 0.25) is 0 Å². The number of carboxylic acids is 1. The fraction of sp³-hybridized carbons (Fsp3) is 0.562. The molecular weight excluding hydrogens is 254 g/mol. The van der Waals surface area contributed by atoms with Gasteiger partial charge in [-0.05, 0) is 50.4 Å². The number of rotatable bonds is 4. The first kappa shape index (κ1) is 14.9. The average molecular weight is 277 g/mol. The summed E-state index contributed by atoms with van der Waals surface area (Å²) in [6, 6.07) is 6.54. The Balaban J connectivity index is 2.00. The first-order valence-electron chi connectivity index (χ1n) is 7.11. The predicted octanol–water partition coefficient (Wildman–Crippen LogP) is 2.69. The molecule has 0 radical (unpaired) electrons. The van der Waals surface area contributed by atoms with Crippen LogP contribution in [0, 0.1) is 12.8 Å². The Bertz CT molecular complexity index is 487. The van der Waals surface area contributed by atoms with E-state index in [-0.39, 0.29) is 5.92 Å². The molecule has 20 heavy (non-hydrogen) atoms. The molecule has 0 amide bonds. The maximum atomic E-state index is 11.0. The van der Waals surface area contributed by atoms with Crippen molar-refractivity contribution in [2.24, 2.45) is 5.92 Å². The Labute approximate surface area is 120 Å². The summed E-state index contributed by atoms with van der Waals surface area (Å²) in [7, 11) is 1.68. The third kappa shape index (κ3) is 3.31. The molecule has 1 aliphatic heterocycles. The minimum atomic E-state index is -0.656. The van der Waals surface area contributed by atoms with E-state index in [0.29, 0.717) is 6.04 Å². The SMILES string of the molecule is COc1ccc(CN2CCC(C(=O)O)CC2C)cc1C. The Hall–Kier alpha value is -1.55. The molecule has 1 saturated heterocycles. The molecule has 1 N–H and O–H groups in total. The summed E-state index contributed by atoms with van der Waals surface area (Å²) in [4.78, 5) is 13.4. The lowest BCUT2D eigenvalue weighted by Gasteiger charge is -2.36. The summed E-state index contributed by atoms with van der Waals surface area (Å²) in [5, 5.41) is 9.09. The van der Waals surface area contributed by atoms with E-state index in [0.717, 1.165) is 37.2 Å². The van der Waals surface area contributed by atoms with Crippen LogP contribution in [0.2, 0.25) is 0 Å². The minimum absolute atomic E-state index is 0.182. The number of piperidine rings is 1. The molecule has 0 saturated carbocycles. The molecule has 4 heteroatoms. The van der Waals surface area contributed by atoms with Crippen molar-refractivity contribution < 1.29 is 14.6 Å². The Morgan fingerprint density at radius 2 is 2.25 bits per heavy atom. The third-order valence-corrected chi connectivity index (χ3v) is 4.21. The van der Waals surface area contributed by atoms with Gasteiger partial charge in [-0.3, -0.25) is 9.69 Å². The summed E-state index contributed by atoms with van der Waals surface area (Å²) in [6.45, 7) is 5.88. The second-order valence-electron chi connectivity index (χ2n) is 5.68. The van der Waals surface area contributed by atoms with Gasteiger partial charge in [0, 0.05) is 12.6 Å². The topological polar surface area (TPSA) is 49.8 Å². The maximum absolute atomic E-state index is 11.0. The van der Waals surface area contributed by atoms with Gasteiger partial charge in [-0.25, -0.2) is 0 Å². The molecule has 0 aromatic heterocycles. The van der Waals surface area contributed by atoms with E-state index in [1.807, 2.05) is 13.0 Å². The number of hydrogen-bond donors (Lipinski definition) is 1. The molecule has 0 aliphatic carbocycles. The maximum Gasteiger partial charge on any atom is 0.306 e. The number of aliphatic carboxylic acids is 1. The van der Waals surface area contributed by atoms with Crippen molar-refractivity contribution >= 4 is 5.97 Å². The lowest BCUT2D eigenvalue weighted by Crippen LogP contribution is -2.42. The zero-order chi connectivity index (χ0) is 14.7. The minimum Gasteiger partial charge on any atom is -0.496 e. The summed E-state index contributed by atoms with van der Waals surface area (Å²) >= 11 is 0. The number of carboxylic acid groups (broad SMARTS) is 1. The van der Waals surface area contributed by atoms with Crippen molar-refractivity contribution in [1.82, 2.24) is 4.90 Å².